The minimum atomic E-state index is -0.247. The quantitative estimate of drug-likeness (QED) is 0.0604. The van der Waals surface area contributed by atoms with Crippen molar-refractivity contribution in [3.8, 4) is 51.3 Å². The summed E-state index contributed by atoms with van der Waals surface area (Å²) < 4.78 is 67.9. The van der Waals surface area contributed by atoms with Crippen molar-refractivity contribution in [3.63, 3.8) is 0 Å². The molecule has 0 unspecified atom stereocenters. The van der Waals surface area contributed by atoms with Gasteiger partial charge in [-0.25, -0.2) is 81.1 Å². The number of pyridine rings is 3. The van der Waals surface area contributed by atoms with Crippen LogP contribution >= 0.6 is 0 Å². The molecular formula is C109H135F4N25O5. The maximum Gasteiger partial charge on any atom is 0.244 e. The fourth-order valence-electron chi connectivity index (χ4n) is 20.8. The van der Waals surface area contributed by atoms with Crippen LogP contribution in [0.25, 0.3) is 45.6 Å². The van der Waals surface area contributed by atoms with Gasteiger partial charge >= 0.3 is 0 Å². The van der Waals surface area contributed by atoms with E-state index in [0.717, 1.165) is 210 Å². The number of aromatic nitrogens is 17. The Kier molecular flexibility index (Phi) is 33.0. The summed E-state index contributed by atoms with van der Waals surface area (Å²) in [7, 11) is 1.64. The highest BCUT2D eigenvalue weighted by molar-refractivity contribution is 5.79. The Hall–Kier alpha value is -13.4. The number of methoxy groups -OCH3 is 1. The Morgan fingerprint density at radius 2 is 0.580 bits per heavy atom. The van der Waals surface area contributed by atoms with Gasteiger partial charge in [-0.3, -0.25) is 19.2 Å². The normalized spacial score (nSPS) is 20.6. The topological polar surface area (TPSA) is 291 Å². The molecule has 0 spiro atoms. The highest BCUT2D eigenvalue weighted by atomic mass is 19.1. The molecule has 4 saturated carbocycles. The molecule has 4 saturated heterocycles. The number of benzene rings is 4. The van der Waals surface area contributed by atoms with Crippen LogP contribution in [0.4, 0.5) is 41.0 Å². The van der Waals surface area contributed by atoms with Crippen LogP contribution in [0.15, 0.2) is 152 Å². The molecular weight excluding hydrogens is 1820 g/mol. The van der Waals surface area contributed by atoms with Crippen molar-refractivity contribution in [2.45, 2.75) is 215 Å². The lowest BCUT2D eigenvalue weighted by molar-refractivity contribution is -0.133. The van der Waals surface area contributed by atoms with Gasteiger partial charge in [-0.15, -0.1) is 0 Å². The van der Waals surface area contributed by atoms with Gasteiger partial charge in [-0.05, 0) is 247 Å². The lowest BCUT2D eigenvalue weighted by atomic mass is 9.82. The summed E-state index contributed by atoms with van der Waals surface area (Å²) >= 11 is 0. The fourth-order valence-corrected chi connectivity index (χ4v) is 20.8. The molecule has 0 N–H and O–H groups in total. The molecule has 4 aliphatic carbocycles. The van der Waals surface area contributed by atoms with Gasteiger partial charge in [0.25, 0.3) is 0 Å². The Labute approximate surface area is 835 Å². The SMILES string of the molecule is COc1ccnc(N2CCN(C(=O)Cn3nc(-c4ccc(F)c(C)c4)nc3C3CCC(C)CC3)CC2)c1.Cc1cc(-c2nc(C3CCC(C)CC3)n(CC(=O)N3CCN(c4ccccn4)CC3)n2)ccc1F.Cc1cc(-c2nc(C3CCC(C)CC3)n(CC(=O)N3CCN(c4ncccn4)CC3)n2)ccc1F.Cc1ccnc(N2CCN(C(=O)Cn3nc(-c4ccc(F)c(C)c4)nc3C3CCC(C)CC3)CC2)c1. The molecule has 143 heavy (non-hydrogen) atoms. The van der Waals surface area contributed by atoms with Crippen LogP contribution < -0.4 is 24.3 Å². The third-order valence-electron chi connectivity index (χ3n) is 30.0. The Morgan fingerprint density at radius 3 is 0.867 bits per heavy atom. The number of piperazine rings is 4. The Balaban J connectivity index is 0.000000131. The van der Waals surface area contributed by atoms with Gasteiger partial charge in [0.15, 0.2) is 23.3 Å². The van der Waals surface area contributed by atoms with Crippen LogP contribution in [0.1, 0.15) is 205 Å². The highest BCUT2D eigenvalue weighted by Crippen LogP contribution is 2.42. The molecule has 8 fully saturated rings. The van der Waals surface area contributed by atoms with E-state index in [0.29, 0.717) is 154 Å². The van der Waals surface area contributed by atoms with Crippen molar-refractivity contribution in [3.05, 3.63) is 227 Å². The first-order chi connectivity index (χ1) is 69.2. The van der Waals surface area contributed by atoms with Crippen molar-refractivity contribution in [1.82, 2.24) is 104 Å². The van der Waals surface area contributed by atoms with Gasteiger partial charge in [0.1, 0.15) is 95.9 Å². The molecule has 4 aromatic carbocycles. The van der Waals surface area contributed by atoms with E-state index in [1.165, 1.54) is 29.8 Å². The highest BCUT2D eigenvalue weighted by Gasteiger charge is 2.36. The van der Waals surface area contributed by atoms with Crippen LogP contribution in [-0.4, -0.2) is 239 Å². The van der Waals surface area contributed by atoms with Crippen molar-refractivity contribution < 1.29 is 41.5 Å². The summed E-state index contributed by atoms with van der Waals surface area (Å²) in [5.41, 5.74) is 6.54. The van der Waals surface area contributed by atoms with Crippen LogP contribution in [0, 0.1) is 81.6 Å². The number of aryl methyl sites for hydroxylation is 5. The molecule has 34 heteroatoms. The van der Waals surface area contributed by atoms with E-state index in [1.54, 1.807) is 124 Å². The van der Waals surface area contributed by atoms with Crippen LogP contribution in [0.2, 0.25) is 0 Å². The first-order valence-electron chi connectivity index (χ1n) is 51.3. The van der Waals surface area contributed by atoms with Crippen molar-refractivity contribution in [2.75, 3.05) is 131 Å². The van der Waals surface area contributed by atoms with E-state index in [-0.39, 0.29) is 84.9 Å². The number of amides is 4. The molecule has 0 radical (unpaired) electrons. The smallest absolute Gasteiger partial charge is 0.244 e. The maximum absolute atomic E-state index is 13.9. The average molecular weight is 1950 g/mol. The molecule has 754 valence electrons. The van der Waals surface area contributed by atoms with Crippen molar-refractivity contribution >= 4 is 47.0 Å². The molecule has 12 heterocycles. The standard InChI is InChI=1S/C28H35FN6O2.C28H35FN6O.C27H33FN6O.C26H32FN7O/c1-19-4-6-21(7-5-19)28-31-27(22-8-9-24(29)20(2)16-22)32-35(28)18-26(36)34-14-12-33(13-15-34)25-17-23(37-3)10-11-30-25;1-19-4-6-22(7-5-19)28-31-27(23-8-9-24(29)21(3)17-23)32-35(28)18-26(36)34-14-12-33(13-15-34)25-16-20(2)10-11-30-25;1-19-6-8-21(9-7-19)27-30-26(22-10-11-23(28)20(2)17-22)31-34(27)18-25(35)33-15-13-32(14-16-33)24-5-3-4-12-29-24;1-18-4-6-20(7-5-18)25-30-24(21-8-9-22(27)19(2)16-21)31-34(25)17-23(35)32-12-14-33(15-13-32)26-28-10-3-11-29-26/h8-11,16-17,19,21H,4-7,12-15,18H2,1-3H3;8-11,16-17,19,22H,4-7,12-15,18H2,1-3H3;3-5,10-12,17,19,21H,6-9,13-16,18H2,1-2H3;3,8-11,16,18,20H,4-7,12-15,17H2,1-2H3. The lowest BCUT2D eigenvalue weighted by Crippen LogP contribution is -2.50. The number of anilines is 4. The number of carbonyl (C=O) groups is 4. The number of hydrogen-bond acceptors (Lipinski definition) is 22. The number of halogens is 4. The zero-order chi connectivity index (χ0) is 99.9. The molecule has 12 aromatic rings. The summed E-state index contributed by atoms with van der Waals surface area (Å²) in [5, 5.41) is 19.0. The third kappa shape index (κ3) is 25.4. The largest absolute Gasteiger partial charge is 0.497 e. The van der Waals surface area contributed by atoms with E-state index in [2.05, 4.69) is 85.2 Å². The number of hydrogen-bond donors (Lipinski definition) is 0. The Bertz CT molecular complexity index is 6120. The van der Waals surface area contributed by atoms with E-state index < -0.39 is 0 Å². The van der Waals surface area contributed by atoms with Crippen LogP contribution in [-0.2, 0) is 45.4 Å². The van der Waals surface area contributed by atoms with E-state index in [4.69, 9.17) is 45.1 Å². The summed E-state index contributed by atoms with van der Waals surface area (Å²) in [6.45, 7) is 29.8. The first-order valence-corrected chi connectivity index (χ1v) is 51.3. The van der Waals surface area contributed by atoms with E-state index >= 15 is 0 Å². The number of rotatable bonds is 21. The lowest BCUT2D eigenvalue weighted by Gasteiger charge is -2.35. The van der Waals surface area contributed by atoms with Gasteiger partial charge in [-0.1, -0.05) is 85.1 Å². The zero-order valence-electron chi connectivity index (χ0n) is 84.2. The monoisotopic (exact) mass is 1950 g/mol. The molecule has 4 aliphatic heterocycles. The van der Waals surface area contributed by atoms with Gasteiger partial charge < -0.3 is 43.9 Å². The second-order valence-electron chi connectivity index (χ2n) is 40.4. The fraction of sp³-hybridized carbons (Fsp3) is 0.495. The third-order valence-corrected chi connectivity index (χ3v) is 30.0. The van der Waals surface area contributed by atoms with Gasteiger partial charge in [0, 0.05) is 188 Å². The average Bonchev–Trinajstić information content (AvgIpc) is 1.67. The first kappa shape index (κ1) is 101. The van der Waals surface area contributed by atoms with Crippen LogP contribution in [0.3, 0.4) is 0 Å². The number of ether oxygens (including phenoxy) is 1. The summed E-state index contributed by atoms with van der Waals surface area (Å²) in [6, 6.07) is 35.3. The second-order valence-corrected chi connectivity index (χ2v) is 40.4. The molecule has 0 atom stereocenters. The predicted octanol–water partition coefficient (Wildman–Crippen LogP) is 17.4. The van der Waals surface area contributed by atoms with E-state index in [9.17, 15) is 36.7 Å². The van der Waals surface area contributed by atoms with Crippen molar-refractivity contribution in [1.29, 1.82) is 0 Å². The summed E-state index contributed by atoms with van der Waals surface area (Å²) in [6.07, 6.45) is 26.5. The zero-order valence-corrected chi connectivity index (χ0v) is 84.2. The minimum Gasteiger partial charge on any atom is -0.497 e. The van der Waals surface area contributed by atoms with Gasteiger partial charge in [0.05, 0.1) is 7.11 Å². The molecule has 8 aromatic heterocycles. The summed E-state index contributed by atoms with van der Waals surface area (Å²) in [5.74, 6) is 13.2. The maximum atomic E-state index is 13.9. The number of nitrogens with zero attached hydrogens (tertiary/aromatic N) is 25. The van der Waals surface area contributed by atoms with Crippen LogP contribution in [0.5, 0.6) is 5.75 Å². The van der Waals surface area contributed by atoms with Gasteiger partial charge in [-0.2, -0.15) is 20.4 Å². The molecule has 8 aliphatic rings. The van der Waals surface area contributed by atoms with Gasteiger partial charge in [0.2, 0.25) is 29.6 Å². The molecule has 20 rings (SSSR count). The van der Waals surface area contributed by atoms with Crippen molar-refractivity contribution in [2.24, 2.45) is 23.7 Å². The van der Waals surface area contributed by atoms with E-state index in [1.807, 2.05) is 71.6 Å². The minimum absolute atomic E-state index is 0.0374. The molecule has 30 nitrogen and oxygen atoms in total. The molecule has 0 bridgehead atoms. The second kappa shape index (κ2) is 46.7. The summed E-state index contributed by atoms with van der Waals surface area (Å²) in [4.78, 5) is 111. The predicted molar refractivity (Wildman–Crippen MR) is 543 cm³/mol. The number of carbonyl (C=O) groups excluding carboxylic acids is 4. The molecule has 4 amide bonds. The Morgan fingerprint density at radius 1 is 0.301 bits per heavy atom.